The van der Waals surface area contributed by atoms with Crippen LogP contribution in [0.4, 0.5) is 26.7 Å². The van der Waals surface area contributed by atoms with Gasteiger partial charge in [-0.25, -0.2) is 14.2 Å². The van der Waals surface area contributed by atoms with Crippen LogP contribution in [0.5, 0.6) is 5.75 Å². The van der Waals surface area contributed by atoms with E-state index in [1.807, 2.05) is 76.1 Å². The molecule has 5 heterocycles. The van der Waals surface area contributed by atoms with Crippen LogP contribution in [0.3, 0.4) is 0 Å². The number of benzene rings is 3. The molecule has 0 bridgehead atoms. The van der Waals surface area contributed by atoms with Gasteiger partial charge in [-0.2, -0.15) is 22.0 Å². The Morgan fingerprint density at radius 3 is 1.90 bits per heavy atom. The van der Waals surface area contributed by atoms with Gasteiger partial charge in [-0.05, 0) is 158 Å². The summed E-state index contributed by atoms with van der Waals surface area (Å²) in [4.78, 5) is 28.0. The van der Waals surface area contributed by atoms with Gasteiger partial charge in [0.05, 0.1) is 39.6 Å². The molecule has 5 aromatic rings. The van der Waals surface area contributed by atoms with Crippen LogP contribution in [0, 0.1) is 23.7 Å². The number of carbonyl (C=O) groups is 2. The number of hydrogen-bond donors (Lipinski definition) is 0. The van der Waals surface area contributed by atoms with Gasteiger partial charge in [0.1, 0.15) is 24.4 Å². The second-order valence-electron chi connectivity index (χ2n) is 21.4. The summed E-state index contributed by atoms with van der Waals surface area (Å²) in [5, 5.41) is 8.79. The fourth-order valence-electron chi connectivity index (χ4n) is 8.95. The van der Waals surface area contributed by atoms with E-state index in [0.29, 0.717) is 47.4 Å². The van der Waals surface area contributed by atoms with Crippen LogP contribution >= 0.6 is 0 Å². The summed E-state index contributed by atoms with van der Waals surface area (Å²) in [6.45, 7) is 17.4. The van der Waals surface area contributed by atoms with E-state index >= 15 is 4.39 Å². The van der Waals surface area contributed by atoms with Crippen molar-refractivity contribution in [1.82, 2.24) is 29.4 Å². The minimum atomic E-state index is -4.33. The maximum atomic E-state index is 15.6. The topological polar surface area (TPSA) is 132 Å². The fourth-order valence-corrected chi connectivity index (χ4v) is 8.95. The van der Waals surface area contributed by atoms with E-state index in [2.05, 4.69) is 23.0 Å². The van der Waals surface area contributed by atoms with Crippen molar-refractivity contribution in [2.75, 3.05) is 47.0 Å². The summed E-state index contributed by atoms with van der Waals surface area (Å²) >= 11 is 0. The standard InChI is InChI=1S/C41H56BFN4O7.C16H14F4N2O/c1-11-32(42-53-40(5,6)41(7,8)54-42)36(29-19-22-33-31(27-29)37(43)44-47(33)35-16-12-13-25-51-35)28-17-20-30(21-18-28)50-26-24-46(38(49)52-39(2,3)4)23-14-15-34(48)45(9)10;17-15-12-10-11(4-3-8-16(18,19)20)6-7-13(12)22(21-15)14-5-1-2-9-23-14/h14-15,17-22,27,35H,11-13,16,23-26H2,1-10H3;6-7,10,14H,1-2,5,8-9H2/b15-14+,36-32+;. The number of aromatic nitrogens is 4. The van der Waals surface area contributed by atoms with E-state index in [4.69, 9.17) is 28.3 Å². The van der Waals surface area contributed by atoms with Crippen LogP contribution < -0.4 is 4.74 Å². The van der Waals surface area contributed by atoms with Crippen LogP contribution in [-0.2, 0) is 28.3 Å². The van der Waals surface area contributed by atoms with Gasteiger partial charge in [0.15, 0.2) is 12.5 Å². The number of alkyl halides is 3. The minimum Gasteiger partial charge on any atom is -0.492 e. The zero-order valence-electron chi connectivity index (χ0n) is 45.7. The van der Waals surface area contributed by atoms with Crippen LogP contribution in [0.15, 0.2) is 78.3 Å². The van der Waals surface area contributed by atoms with Crippen molar-refractivity contribution >= 4 is 46.5 Å². The summed E-state index contributed by atoms with van der Waals surface area (Å²) in [7, 11) is 2.71. The zero-order chi connectivity index (χ0) is 55.9. The molecule has 3 saturated heterocycles. The number of ether oxygens (including phenoxy) is 4. The molecule has 0 radical (unpaired) electrons. The van der Waals surface area contributed by atoms with Gasteiger partial charge in [-0.15, -0.1) is 10.2 Å². The normalized spacial score (nSPS) is 18.8. The van der Waals surface area contributed by atoms with Gasteiger partial charge in [-0.1, -0.05) is 43.0 Å². The molecule has 0 spiro atoms. The van der Waals surface area contributed by atoms with Crippen LogP contribution in [0.25, 0.3) is 27.4 Å². The molecular weight excluding hydrogens is 1000 g/mol. The Morgan fingerprint density at radius 1 is 0.818 bits per heavy atom. The third kappa shape index (κ3) is 14.9. The average molecular weight is 1070 g/mol. The molecule has 14 nitrogen and oxygen atoms in total. The first kappa shape index (κ1) is 58.4. The molecule has 0 saturated carbocycles. The van der Waals surface area contributed by atoms with Crippen molar-refractivity contribution in [3.05, 3.63) is 107 Å². The number of amides is 2. The van der Waals surface area contributed by atoms with Crippen LogP contribution in [0.2, 0.25) is 0 Å². The van der Waals surface area contributed by atoms with Gasteiger partial charge >= 0.3 is 19.4 Å². The molecule has 0 N–H and O–H groups in total. The lowest BCUT2D eigenvalue weighted by Gasteiger charge is -2.32. The van der Waals surface area contributed by atoms with Crippen molar-refractivity contribution in [3.8, 4) is 17.6 Å². The summed E-state index contributed by atoms with van der Waals surface area (Å²) in [6, 6.07) is 18.0. The SMILES string of the molecule is CC/C(B1OC(C)(C)C(C)(C)O1)=C(/c1ccc(OCCN(C/C=C/C(=O)N(C)C)C(=O)OC(C)(C)C)cc1)c1ccc2c(c1)c(F)nn2C1CCCCO1.Fc1nn(C2CCCCO2)c2ccc(C#CCC(F)(F)F)cc12. The summed E-state index contributed by atoms with van der Waals surface area (Å²) in [5.74, 6) is 3.66. The molecule has 3 fully saturated rings. The Hall–Kier alpha value is -6.27. The highest BCUT2D eigenvalue weighted by Crippen LogP contribution is 2.43. The number of fused-ring (bicyclic) bond motifs is 2. The third-order valence-corrected chi connectivity index (χ3v) is 13.7. The van der Waals surface area contributed by atoms with Crippen LogP contribution in [0.1, 0.15) is 136 Å². The maximum absolute atomic E-state index is 15.6. The van der Waals surface area contributed by atoms with Crippen LogP contribution in [-0.4, -0.2) is 118 Å². The van der Waals surface area contributed by atoms with Crippen molar-refractivity contribution < 1.29 is 59.8 Å². The van der Waals surface area contributed by atoms with Crippen molar-refractivity contribution in [3.63, 3.8) is 0 Å². The van der Waals surface area contributed by atoms with E-state index < -0.39 is 54.5 Å². The van der Waals surface area contributed by atoms with E-state index in [-0.39, 0.29) is 43.4 Å². The van der Waals surface area contributed by atoms with Crippen molar-refractivity contribution in [2.45, 2.75) is 142 Å². The second-order valence-corrected chi connectivity index (χ2v) is 21.4. The molecule has 3 aliphatic heterocycles. The Labute approximate surface area is 447 Å². The van der Waals surface area contributed by atoms with E-state index in [9.17, 15) is 27.2 Å². The summed E-state index contributed by atoms with van der Waals surface area (Å²) in [5.41, 5.74) is 3.26. The first-order valence-corrected chi connectivity index (χ1v) is 26.2. The number of hydrogen-bond acceptors (Lipinski definition) is 10. The monoisotopic (exact) mass is 1070 g/mol. The maximum Gasteiger partial charge on any atom is 0.491 e. The third-order valence-electron chi connectivity index (χ3n) is 13.7. The lowest BCUT2D eigenvalue weighted by molar-refractivity contribution is -0.124. The van der Waals surface area contributed by atoms with Gasteiger partial charge < -0.3 is 38.1 Å². The quantitative estimate of drug-likeness (QED) is 0.0486. The highest BCUT2D eigenvalue weighted by molar-refractivity contribution is 6.56. The van der Waals surface area contributed by atoms with Gasteiger partial charge in [0.25, 0.3) is 0 Å². The average Bonchev–Trinajstić information content (AvgIpc) is 4.00. The van der Waals surface area contributed by atoms with Gasteiger partial charge in [0, 0.05) is 45.5 Å². The number of likely N-dealkylation sites (N-methyl/N-ethyl adjacent to an activating group) is 1. The molecule has 414 valence electrons. The lowest BCUT2D eigenvalue weighted by Crippen LogP contribution is -2.41. The van der Waals surface area contributed by atoms with Gasteiger partial charge in [0.2, 0.25) is 17.8 Å². The highest BCUT2D eigenvalue weighted by atomic mass is 19.4. The fraction of sp³-hybridized carbons (Fsp3) is 0.509. The molecule has 8 rings (SSSR count). The number of carbonyl (C=O) groups excluding carboxylic acids is 2. The molecule has 0 aliphatic carbocycles. The molecule has 77 heavy (non-hydrogen) atoms. The summed E-state index contributed by atoms with van der Waals surface area (Å²) < 4.78 is 105. The number of halogens is 5. The molecule has 2 aromatic heterocycles. The van der Waals surface area contributed by atoms with E-state index in [1.165, 1.54) is 26.6 Å². The predicted molar refractivity (Wildman–Crippen MR) is 285 cm³/mol. The molecular formula is C57H70BF5N6O8. The number of rotatable bonds is 13. The molecule has 20 heteroatoms. The number of allylic oxidation sites excluding steroid dienone is 1. The van der Waals surface area contributed by atoms with E-state index in [1.54, 1.807) is 57.8 Å². The second kappa shape index (κ2) is 24.6. The predicted octanol–water partition coefficient (Wildman–Crippen LogP) is 12.2. The zero-order valence-corrected chi connectivity index (χ0v) is 45.7. The highest BCUT2D eigenvalue weighted by Gasteiger charge is 2.52. The van der Waals surface area contributed by atoms with E-state index in [0.717, 1.165) is 60.7 Å². The Morgan fingerprint density at radius 2 is 1.38 bits per heavy atom. The lowest BCUT2D eigenvalue weighted by atomic mass is 9.70. The van der Waals surface area contributed by atoms with Crippen molar-refractivity contribution in [1.29, 1.82) is 0 Å². The Balaban J connectivity index is 0.000000310. The van der Waals surface area contributed by atoms with Crippen molar-refractivity contribution in [2.24, 2.45) is 0 Å². The molecule has 2 atom stereocenters. The summed E-state index contributed by atoms with van der Waals surface area (Å²) in [6.07, 6.45) is 2.54. The number of nitrogens with zero attached hydrogens (tertiary/aromatic N) is 6. The minimum absolute atomic E-state index is 0.178. The first-order chi connectivity index (χ1) is 36.3. The van der Waals surface area contributed by atoms with Gasteiger partial charge in [-0.3, -0.25) is 4.79 Å². The largest absolute Gasteiger partial charge is 0.492 e. The molecule has 2 unspecified atom stereocenters. The molecule has 3 aliphatic rings. The Kier molecular flexibility index (Phi) is 18.7. The molecule has 2 amide bonds. The molecule has 3 aromatic carbocycles. The smallest absolute Gasteiger partial charge is 0.491 e. The first-order valence-electron chi connectivity index (χ1n) is 26.2. The Bertz CT molecular complexity index is 2980.